The van der Waals surface area contributed by atoms with Crippen LogP contribution >= 0.6 is 0 Å². The molecule has 0 radical (unpaired) electrons. The van der Waals surface area contributed by atoms with Crippen LogP contribution in [0.5, 0.6) is 0 Å². The van der Waals surface area contributed by atoms with Crippen molar-refractivity contribution in [1.29, 1.82) is 0 Å². The van der Waals surface area contributed by atoms with Crippen LogP contribution in [0.4, 0.5) is 5.82 Å². The summed E-state index contributed by atoms with van der Waals surface area (Å²) in [6.07, 6.45) is 6.34. The molecule has 108 valence electrons. The van der Waals surface area contributed by atoms with Gasteiger partial charge in [-0.3, -0.25) is 4.79 Å². The molecule has 2 aliphatic rings. The maximum Gasteiger partial charge on any atom is 0.253 e. The van der Waals surface area contributed by atoms with Crippen molar-refractivity contribution in [2.24, 2.45) is 0 Å². The molecule has 2 fully saturated rings. The lowest BCUT2D eigenvalue weighted by Gasteiger charge is -2.23. The number of nitrogens with zero attached hydrogens (tertiary/aromatic N) is 2. The lowest BCUT2D eigenvalue weighted by Crippen LogP contribution is -2.45. The van der Waals surface area contributed by atoms with Crippen molar-refractivity contribution in [3.63, 3.8) is 0 Å². The molecule has 0 bridgehead atoms. The monoisotopic (exact) mass is 274 g/mol. The second kappa shape index (κ2) is 6.22. The van der Waals surface area contributed by atoms with E-state index in [1.807, 2.05) is 12.1 Å². The molecule has 20 heavy (non-hydrogen) atoms. The van der Waals surface area contributed by atoms with E-state index in [1.165, 1.54) is 12.8 Å². The number of amides is 1. The molecule has 1 amide bonds. The number of hydrogen-bond acceptors (Lipinski definition) is 4. The van der Waals surface area contributed by atoms with Crippen LogP contribution in [0, 0.1) is 0 Å². The number of carbonyl (C=O) groups excluding carboxylic acids is 1. The molecule has 3 rings (SSSR count). The predicted molar refractivity (Wildman–Crippen MR) is 79.0 cm³/mol. The maximum atomic E-state index is 12.2. The van der Waals surface area contributed by atoms with Gasteiger partial charge in [0.15, 0.2) is 0 Å². The Morgan fingerprint density at radius 1 is 1.30 bits per heavy atom. The molecule has 1 atom stereocenters. The minimum atomic E-state index is -0.0147. The minimum Gasteiger partial charge on any atom is -0.357 e. The maximum absolute atomic E-state index is 12.2. The molecule has 5 nitrogen and oxygen atoms in total. The first-order chi connectivity index (χ1) is 9.83. The summed E-state index contributed by atoms with van der Waals surface area (Å²) in [4.78, 5) is 18.8. The quantitative estimate of drug-likeness (QED) is 0.868. The van der Waals surface area contributed by atoms with E-state index in [4.69, 9.17) is 0 Å². The Morgan fingerprint density at radius 2 is 2.15 bits per heavy atom. The molecule has 0 spiro atoms. The number of pyridine rings is 1. The van der Waals surface area contributed by atoms with E-state index in [2.05, 4.69) is 20.5 Å². The molecule has 1 aromatic heterocycles. The molecule has 2 aliphatic heterocycles. The first-order valence-corrected chi connectivity index (χ1v) is 7.55. The summed E-state index contributed by atoms with van der Waals surface area (Å²) in [6.45, 7) is 4.07. The summed E-state index contributed by atoms with van der Waals surface area (Å²) < 4.78 is 0. The number of aromatic nitrogens is 1. The second-order valence-electron chi connectivity index (χ2n) is 5.62. The minimum absolute atomic E-state index is 0.0147. The van der Waals surface area contributed by atoms with Crippen molar-refractivity contribution in [3.05, 3.63) is 23.9 Å². The lowest BCUT2D eigenvalue weighted by atomic mass is 10.1. The van der Waals surface area contributed by atoms with Gasteiger partial charge in [-0.25, -0.2) is 4.98 Å². The van der Waals surface area contributed by atoms with Crippen molar-refractivity contribution in [2.45, 2.75) is 31.7 Å². The average molecular weight is 274 g/mol. The Balaban J connectivity index is 1.59. The van der Waals surface area contributed by atoms with Gasteiger partial charge in [0, 0.05) is 31.9 Å². The highest BCUT2D eigenvalue weighted by molar-refractivity contribution is 5.94. The topological polar surface area (TPSA) is 57.3 Å². The number of carbonyl (C=O) groups is 1. The summed E-state index contributed by atoms with van der Waals surface area (Å²) in [7, 11) is 0. The molecule has 0 unspecified atom stereocenters. The fourth-order valence-corrected chi connectivity index (χ4v) is 2.90. The predicted octanol–water partition coefficient (Wildman–Crippen LogP) is 1.16. The Bertz CT molecular complexity index is 447. The molecule has 0 saturated carbocycles. The Morgan fingerprint density at radius 3 is 2.80 bits per heavy atom. The van der Waals surface area contributed by atoms with Gasteiger partial charge in [-0.05, 0) is 44.4 Å². The molecule has 3 heterocycles. The number of anilines is 1. The molecule has 1 aromatic rings. The lowest BCUT2D eigenvalue weighted by molar-refractivity contribution is 0.0930. The molecule has 5 heteroatoms. The molecule has 0 aromatic carbocycles. The standard InChI is InChI=1S/C15H22N4O/c20-15(18-13-4-3-7-16-11-13)12-5-6-14(17-10-12)19-8-1-2-9-19/h5-6,10,13,16H,1-4,7-9,11H2,(H,18,20)/t13-/m0/s1. The summed E-state index contributed by atoms with van der Waals surface area (Å²) in [6, 6.07) is 4.08. The third-order valence-electron chi connectivity index (χ3n) is 4.07. The zero-order valence-corrected chi connectivity index (χ0v) is 11.8. The van der Waals surface area contributed by atoms with Gasteiger partial charge in [0.1, 0.15) is 5.82 Å². The van der Waals surface area contributed by atoms with Crippen LogP contribution in [0.1, 0.15) is 36.0 Å². The number of piperidine rings is 1. The van der Waals surface area contributed by atoms with Gasteiger partial charge in [-0.2, -0.15) is 0 Å². The van der Waals surface area contributed by atoms with Crippen LogP contribution in [0.15, 0.2) is 18.3 Å². The van der Waals surface area contributed by atoms with Crippen molar-refractivity contribution in [1.82, 2.24) is 15.6 Å². The van der Waals surface area contributed by atoms with E-state index in [0.29, 0.717) is 5.56 Å². The summed E-state index contributed by atoms with van der Waals surface area (Å²) in [5.74, 6) is 0.970. The molecular weight excluding hydrogens is 252 g/mol. The molecule has 2 saturated heterocycles. The van der Waals surface area contributed by atoms with E-state index in [-0.39, 0.29) is 11.9 Å². The summed E-state index contributed by atoms with van der Waals surface area (Å²) >= 11 is 0. The smallest absolute Gasteiger partial charge is 0.253 e. The van der Waals surface area contributed by atoms with Crippen molar-refractivity contribution in [2.75, 3.05) is 31.1 Å². The van der Waals surface area contributed by atoms with Crippen molar-refractivity contribution < 1.29 is 4.79 Å². The first kappa shape index (κ1) is 13.4. The van der Waals surface area contributed by atoms with Gasteiger partial charge in [-0.15, -0.1) is 0 Å². The van der Waals surface area contributed by atoms with Crippen LogP contribution in [-0.2, 0) is 0 Å². The molecule has 2 N–H and O–H groups in total. The van der Waals surface area contributed by atoms with E-state index in [1.54, 1.807) is 6.20 Å². The van der Waals surface area contributed by atoms with Gasteiger partial charge in [0.25, 0.3) is 5.91 Å². The highest BCUT2D eigenvalue weighted by Crippen LogP contribution is 2.17. The van der Waals surface area contributed by atoms with Crippen LogP contribution in [0.25, 0.3) is 0 Å². The third-order valence-corrected chi connectivity index (χ3v) is 4.07. The largest absolute Gasteiger partial charge is 0.357 e. The van der Waals surface area contributed by atoms with E-state index < -0.39 is 0 Å². The van der Waals surface area contributed by atoms with Gasteiger partial charge in [0.2, 0.25) is 0 Å². The fourth-order valence-electron chi connectivity index (χ4n) is 2.90. The normalized spacial score (nSPS) is 22.8. The number of nitrogens with one attached hydrogen (secondary N) is 2. The number of hydrogen-bond donors (Lipinski definition) is 2. The van der Waals surface area contributed by atoms with Crippen LogP contribution < -0.4 is 15.5 Å². The SMILES string of the molecule is O=C(N[C@H]1CCCNC1)c1ccc(N2CCCC2)nc1. The second-order valence-corrected chi connectivity index (χ2v) is 5.62. The van der Waals surface area contributed by atoms with Gasteiger partial charge in [0.05, 0.1) is 5.56 Å². The average Bonchev–Trinajstić information content (AvgIpc) is 3.03. The summed E-state index contributed by atoms with van der Waals surface area (Å²) in [5.41, 5.74) is 0.651. The van der Waals surface area contributed by atoms with Gasteiger partial charge in [-0.1, -0.05) is 0 Å². The van der Waals surface area contributed by atoms with Crippen molar-refractivity contribution >= 4 is 11.7 Å². The molecule has 0 aliphatic carbocycles. The van der Waals surface area contributed by atoms with E-state index >= 15 is 0 Å². The summed E-state index contributed by atoms with van der Waals surface area (Å²) in [5, 5.41) is 6.37. The Hall–Kier alpha value is -1.62. The Kier molecular flexibility index (Phi) is 4.16. The van der Waals surface area contributed by atoms with Crippen molar-refractivity contribution in [3.8, 4) is 0 Å². The van der Waals surface area contributed by atoms with Crippen LogP contribution in [0.2, 0.25) is 0 Å². The van der Waals surface area contributed by atoms with Gasteiger partial charge >= 0.3 is 0 Å². The number of rotatable bonds is 3. The third kappa shape index (κ3) is 3.10. The first-order valence-electron chi connectivity index (χ1n) is 7.55. The van der Waals surface area contributed by atoms with Crippen LogP contribution in [0.3, 0.4) is 0 Å². The highest BCUT2D eigenvalue weighted by Gasteiger charge is 2.17. The van der Waals surface area contributed by atoms with Gasteiger partial charge < -0.3 is 15.5 Å². The van der Waals surface area contributed by atoms with E-state index in [0.717, 1.165) is 44.8 Å². The van der Waals surface area contributed by atoms with Crippen LogP contribution in [-0.4, -0.2) is 43.1 Å². The zero-order valence-electron chi connectivity index (χ0n) is 11.8. The zero-order chi connectivity index (χ0) is 13.8. The Labute approximate surface area is 119 Å². The highest BCUT2D eigenvalue weighted by atomic mass is 16.1. The van der Waals surface area contributed by atoms with E-state index in [9.17, 15) is 4.79 Å². The molecular formula is C15H22N4O. The fraction of sp³-hybridized carbons (Fsp3) is 0.600.